The van der Waals surface area contributed by atoms with Gasteiger partial charge in [0.1, 0.15) is 17.4 Å². The summed E-state index contributed by atoms with van der Waals surface area (Å²) >= 11 is 0. The maximum absolute atomic E-state index is 12.7. The summed E-state index contributed by atoms with van der Waals surface area (Å²) in [5.41, 5.74) is 1.05. The Kier molecular flexibility index (Phi) is 20.6. The molecule has 284 valence electrons. The molecule has 0 aliphatic rings. The quantitative estimate of drug-likeness (QED) is 0.0605. The van der Waals surface area contributed by atoms with Crippen molar-refractivity contribution in [3.05, 3.63) is 162 Å². The number of nitrogens with zero attached hydrogens (tertiary/aromatic N) is 2. The van der Waals surface area contributed by atoms with Crippen molar-refractivity contribution < 1.29 is 51.6 Å². The van der Waals surface area contributed by atoms with Crippen molar-refractivity contribution in [3.8, 4) is 23.6 Å². The van der Waals surface area contributed by atoms with E-state index in [0.717, 1.165) is 44.0 Å². The van der Waals surface area contributed by atoms with Crippen LogP contribution in [0.15, 0.2) is 139 Å². The van der Waals surface area contributed by atoms with Gasteiger partial charge in [0, 0.05) is 17.2 Å². The van der Waals surface area contributed by atoms with Gasteiger partial charge in [0.15, 0.2) is 5.41 Å². The van der Waals surface area contributed by atoms with Crippen LogP contribution in [0.2, 0.25) is 0 Å². The molecule has 11 heteroatoms. The van der Waals surface area contributed by atoms with Crippen LogP contribution in [0.25, 0.3) is 27.6 Å². The second-order valence-electron chi connectivity index (χ2n) is 11.7. The molecule has 0 amide bonds. The van der Waals surface area contributed by atoms with Crippen molar-refractivity contribution in [3.63, 3.8) is 0 Å². The van der Waals surface area contributed by atoms with E-state index in [4.69, 9.17) is 19.5 Å². The van der Waals surface area contributed by atoms with Crippen LogP contribution < -0.4 is 26.5 Å². The van der Waals surface area contributed by atoms with E-state index in [1.165, 1.54) is 14.2 Å². The van der Waals surface area contributed by atoms with Crippen LogP contribution in [0, 0.1) is 34.1 Å². The summed E-state index contributed by atoms with van der Waals surface area (Å²) in [5.74, 6) is -0.343. The molecule has 0 unspecified atom stereocenters. The number of carbonyl (C=O) groups is 2. The molecule has 0 aromatic heterocycles. The van der Waals surface area contributed by atoms with Gasteiger partial charge in [0.25, 0.3) is 0 Å². The summed E-state index contributed by atoms with van der Waals surface area (Å²) in [7, 11) is 5.78. The molecule has 0 bridgehead atoms. The van der Waals surface area contributed by atoms with E-state index in [2.05, 4.69) is 16.9 Å². The molecular weight excluding hydrogens is 788 g/mol. The molecule has 8 nitrogen and oxygen atoms in total. The van der Waals surface area contributed by atoms with Crippen LogP contribution >= 0.6 is 0 Å². The zero-order valence-corrected chi connectivity index (χ0v) is 34.7. The van der Waals surface area contributed by atoms with Gasteiger partial charge in [-0.15, -0.1) is 12.1 Å². The van der Waals surface area contributed by atoms with Crippen molar-refractivity contribution in [1.82, 2.24) is 0 Å². The molecule has 0 aliphatic carbocycles. The number of nitriles is 2. The largest absolute Gasteiger partial charge is 2.00 e. The molecule has 0 saturated heterocycles. The molecule has 0 heterocycles. The van der Waals surface area contributed by atoms with E-state index in [-0.39, 0.29) is 51.7 Å². The fraction of sp³-hybridized carbons (Fsp3) is 0.156. The Balaban J connectivity index is 0.000000906. The van der Waals surface area contributed by atoms with Gasteiger partial charge in [-0.2, -0.15) is 28.7 Å². The molecule has 0 saturated carbocycles. The molecule has 0 N–H and O–H groups in total. The topological polar surface area (TPSA) is 119 Å². The number of para-hydroxylation sites is 2. The maximum atomic E-state index is 12.7. The number of hydrogen-bond donors (Lipinski definition) is 0. The Labute approximate surface area is 355 Å². The van der Waals surface area contributed by atoms with Crippen LogP contribution in [0.3, 0.4) is 0 Å². The number of rotatable bonds is 8. The summed E-state index contributed by atoms with van der Waals surface area (Å²) in [6.07, 6.45) is 1.55. The molecule has 0 spiro atoms. The predicted molar refractivity (Wildman–Crippen MR) is 215 cm³/mol. The Bertz CT molecular complexity index is 2310. The molecule has 0 fully saturated rings. The first-order valence-corrected chi connectivity index (χ1v) is 16.5. The Morgan fingerprint density at radius 3 is 1.82 bits per heavy atom. The zero-order chi connectivity index (χ0) is 38.2. The molecule has 0 aliphatic heterocycles. The third kappa shape index (κ3) is 11.6. The van der Waals surface area contributed by atoms with E-state index < -0.39 is 23.3 Å². The number of halogens is 2. The fourth-order valence-corrected chi connectivity index (χ4v) is 5.92. The molecular formula is C45H41BrFMgN2O6-. The number of methoxy groups -OCH3 is 4. The van der Waals surface area contributed by atoms with Gasteiger partial charge in [-0.1, -0.05) is 103 Å². The minimum atomic E-state index is -1.42. The van der Waals surface area contributed by atoms with E-state index in [1.54, 1.807) is 27.2 Å². The average Bonchev–Trinajstić information content (AvgIpc) is 3.23. The van der Waals surface area contributed by atoms with Gasteiger partial charge in [0.2, 0.25) is 0 Å². The van der Waals surface area contributed by atoms with Crippen LogP contribution in [0.5, 0.6) is 11.5 Å². The molecule has 2 atom stereocenters. The summed E-state index contributed by atoms with van der Waals surface area (Å²) in [5, 5.41) is 23.1. The molecule has 6 aromatic rings. The summed E-state index contributed by atoms with van der Waals surface area (Å²) in [6.45, 7) is 1.62. The number of benzene rings is 6. The van der Waals surface area contributed by atoms with E-state index >= 15 is 0 Å². The second-order valence-corrected chi connectivity index (χ2v) is 11.7. The van der Waals surface area contributed by atoms with Gasteiger partial charge in [0.05, 0.1) is 34.5 Å². The summed E-state index contributed by atoms with van der Waals surface area (Å²) in [4.78, 5) is 24.1. The first-order chi connectivity index (χ1) is 25.8. The van der Waals surface area contributed by atoms with Crippen molar-refractivity contribution >= 4 is 62.6 Å². The third-order valence-corrected chi connectivity index (χ3v) is 8.55. The van der Waals surface area contributed by atoms with Gasteiger partial charge >= 0.3 is 35.0 Å². The van der Waals surface area contributed by atoms with Gasteiger partial charge < -0.3 is 37.4 Å². The van der Waals surface area contributed by atoms with Gasteiger partial charge in [-0.05, 0) is 51.7 Å². The van der Waals surface area contributed by atoms with Crippen LogP contribution in [0.1, 0.15) is 31.0 Å². The Morgan fingerprint density at radius 1 is 0.714 bits per heavy atom. The van der Waals surface area contributed by atoms with Crippen molar-refractivity contribution in [2.45, 2.75) is 12.8 Å². The minimum Gasteiger partial charge on any atom is -1.00 e. The Morgan fingerprint density at radius 2 is 1.27 bits per heavy atom. The fourth-order valence-electron chi connectivity index (χ4n) is 5.92. The first kappa shape index (κ1) is 48.3. The van der Waals surface area contributed by atoms with E-state index in [9.17, 15) is 14.9 Å². The molecule has 56 heavy (non-hydrogen) atoms. The van der Waals surface area contributed by atoms with Crippen LogP contribution in [-0.4, -0.2) is 63.4 Å². The minimum absolute atomic E-state index is 0. The van der Waals surface area contributed by atoms with E-state index in [1.807, 2.05) is 140 Å². The number of fused-ring (bicyclic) bond motifs is 2. The number of ether oxygens (including phenoxy) is 4. The van der Waals surface area contributed by atoms with Gasteiger partial charge in [-0.3, -0.25) is 9.50 Å². The van der Waals surface area contributed by atoms with Crippen LogP contribution in [0.4, 0.5) is 4.70 Å². The summed E-state index contributed by atoms with van der Waals surface area (Å²) in [6, 6.07) is 49.3. The molecule has 0 radical (unpaired) electrons. The zero-order valence-electron chi connectivity index (χ0n) is 32.7. The third-order valence-electron chi connectivity index (χ3n) is 8.55. The standard InChI is InChI=1S/C23H21NO3.C15H11NO2.C7H7O.BrH.FH.Mg.H/c1-23(15-24,22(25)27-3)21(19-12-6-7-14-20(19)26-2)18-13-8-10-16-9-4-5-11-17(16)18;1-18-15(17)13(10-16)9-12-7-4-6-11-5-2-3-8-14(11)12;1-8-7-5-3-2-4-6-7;;;;/h4-14,21H,1-3H3;2-9H,1H3;2-5H,1H3;2*1H;;/q;;-1;;;+2;-1/p-1/b;13-9+;;;;;/t21-,23+;;;;;;/m1....../s1/i;;;;;;1+2. The molecule has 6 aromatic carbocycles. The molecule has 6 rings (SSSR count). The van der Waals surface area contributed by atoms with Crippen LogP contribution in [-0.2, 0) is 19.1 Å². The van der Waals surface area contributed by atoms with Crippen molar-refractivity contribution in [2.75, 3.05) is 28.4 Å². The average molecular weight is 831 g/mol. The summed E-state index contributed by atoms with van der Waals surface area (Å²) < 4.78 is 20.0. The second kappa shape index (κ2) is 23.9. The normalized spacial score (nSPS) is 11.5. The maximum Gasteiger partial charge on any atom is 2.00 e. The number of carbonyl (C=O) groups excluding carboxylic acids is 2. The number of hydrogen-bond acceptors (Lipinski definition) is 8. The van der Waals surface area contributed by atoms with Crippen molar-refractivity contribution in [1.29, 1.82) is 10.5 Å². The SMILES string of the molecule is COC(=O)/C(C#N)=C/c1cccc2ccccc12.COC(=O)[C@@](C)(C#N)[C@@H](c1ccccc1OC)c1cccc2ccccc12.COc1[c-]cccc1.F.[3H-].[Br-].[Mg+2]. The van der Waals surface area contributed by atoms with Gasteiger partial charge in [-0.25, -0.2) is 4.79 Å². The van der Waals surface area contributed by atoms with Crippen molar-refractivity contribution in [2.24, 2.45) is 5.41 Å². The Hall–Kier alpha value is -5.72. The smallest absolute Gasteiger partial charge is 1.00 e. The first-order valence-electron chi connectivity index (χ1n) is 16.5. The number of esters is 2. The predicted octanol–water partition coefficient (Wildman–Crippen LogP) is 5.99. The monoisotopic (exact) mass is 829 g/mol. The van der Waals surface area contributed by atoms with E-state index in [0.29, 0.717) is 5.75 Å².